The summed E-state index contributed by atoms with van der Waals surface area (Å²) in [5.41, 5.74) is 5.34. The smallest absolute Gasteiger partial charge is 0.408 e. The number of esters is 4. The predicted octanol–water partition coefficient (Wildman–Crippen LogP) is 0.0892. The highest BCUT2D eigenvalue weighted by molar-refractivity contribution is 5.86. The maximum atomic E-state index is 12.5. The summed E-state index contributed by atoms with van der Waals surface area (Å²) in [6, 6.07) is -2.19. The van der Waals surface area contributed by atoms with Gasteiger partial charge in [0.05, 0.1) is 19.2 Å². The molecular formula is C21H32N2O11. The molecule has 0 aliphatic carbocycles. The monoisotopic (exact) mass is 488 g/mol. The van der Waals surface area contributed by atoms with Crippen LogP contribution in [0.5, 0.6) is 0 Å². The van der Waals surface area contributed by atoms with E-state index in [0.29, 0.717) is 0 Å². The largest absolute Gasteiger partial charge is 0.477 e. The van der Waals surface area contributed by atoms with E-state index >= 15 is 0 Å². The highest BCUT2D eigenvalue weighted by atomic mass is 16.6. The lowest BCUT2D eigenvalue weighted by atomic mass is 9.92. The molecule has 0 bridgehead atoms. The molecule has 13 heteroatoms. The molecule has 3 N–H and O–H groups in total. The Bertz CT molecular complexity index is 818. The van der Waals surface area contributed by atoms with Crippen LogP contribution in [0.3, 0.4) is 0 Å². The summed E-state index contributed by atoms with van der Waals surface area (Å²) in [5.74, 6) is -3.50. The molecule has 5 unspecified atom stereocenters. The van der Waals surface area contributed by atoms with Gasteiger partial charge in [-0.1, -0.05) is 0 Å². The first-order valence-corrected chi connectivity index (χ1v) is 10.3. The number of alkyl carbamates (subject to hydrolysis) is 1. The number of ether oxygens (including phenoxy) is 6. The standard InChI is InChI=1S/C21H32N2O11/c1-10(24)30-9-15(31-11(2)25)17(32-12(3)26)18-16(23-20(28)34-21(4,5)6)13(22)8-14(33-18)19(27)29-7/h8,13,15-18H,9,22H2,1-7H3,(H,23,28). The lowest BCUT2D eigenvalue weighted by Gasteiger charge is -2.41. The molecule has 0 aromatic heterocycles. The maximum Gasteiger partial charge on any atom is 0.408 e. The third-order valence-electron chi connectivity index (χ3n) is 4.21. The fourth-order valence-corrected chi connectivity index (χ4v) is 3.02. The van der Waals surface area contributed by atoms with Gasteiger partial charge in [0.1, 0.15) is 12.2 Å². The topological polar surface area (TPSA) is 179 Å². The minimum absolute atomic E-state index is 0.326. The summed E-state index contributed by atoms with van der Waals surface area (Å²) in [4.78, 5) is 59.6. The second kappa shape index (κ2) is 12.2. The van der Waals surface area contributed by atoms with E-state index in [4.69, 9.17) is 29.4 Å². The zero-order valence-corrected chi connectivity index (χ0v) is 20.2. The maximum absolute atomic E-state index is 12.5. The Morgan fingerprint density at radius 3 is 2.12 bits per heavy atom. The van der Waals surface area contributed by atoms with Crippen LogP contribution in [0.2, 0.25) is 0 Å². The summed E-state index contributed by atoms with van der Waals surface area (Å²) in [5, 5.41) is 2.53. The number of hydrogen-bond acceptors (Lipinski definition) is 12. The van der Waals surface area contributed by atoms with E-state index in [0.717, 1.165) is 27.9 Å². The molecular weight excluding hydrogens is 456 g/mol. The average molecular weight is 488 g/mol. The van der Waals surface area contributed by atoms with E-state index in [1.165, 1.54) is 6.08 Å². The van der Waals surface area contributed by atoms with E-state index in [2.05, 4.69) is 10.1 Å². The molecule has 1 aliphatic heterocycles. The Morgan fingerprint density at radius 1 is 1.06 bits per heavy atom. The molecule has 34 heavy (non-hydrogen) atoms. The van der Waals surface area contributed by atoms with Crippen molar-refractivity contribution < 1.29 is 52.4 Å². The molecule has 0 saturated heterocycles. The lowest BCUT2D eigenvalue weighted by molar-refractivity contribution is -0.187. The van der Waals surface area contributed by atoms with Gasteiger partial charge in [-0.05, 0) is 26.8 Å². The molecule has 0 fully saturated rings. The molecule has 0 radical (unpaired) electrons. The lowest BCUT2D eigenvalue weighted by Crippen LogP contribution is -2.63. The van der Waals surface area contributed by atoms with Gasteiger partial charge in [-0.25, -0.2) is 9.59 Å². The van der Waals surface area contributed by atoms with Crippen LogP contribution in [0.25, 0.3) is 0 Å². The van der Waals surface area contributed by atoms with Gasteiger partial charge < -0.3 is 39.5 Å². The molecule has 0 spiro atoms. The number of nitrogens with two attached hydrogens (primary N) is 1. The molecule has 0 aromatic carbocycles. The van der Waals surface area contributed by atoms with Gasteiger partial charge in [-0.2, -0.15) is 0 Å². The number of carbonyl (C=O) groups excluding carboxylic acids is 5. The molecule has 1 rings (SSSR count). The van der Waals surface area contributed by atoms with Crippen molar-refractivity contribution >= 4 is 30.0 Å². The van der Waals surface area contributed by atoms with Gasteiger partial charge >= 0.3 is 30.0 Å². The van der Waals surface area contributed by atoms with E-state index in [1.807, 2.05) is 0 Å². The second-order valence-corrected chi connectivity index (χ2v) is 8.38. The van der Waals surface area contributed by atoms with Gasteiger partial charge in [0, 0.05) is 20.8 Å². The Kier molecular flexibility index (Phi) is 10.3. The molecule has 5 atom stereocenters. The van der Waals surface area contributed by atoms with Gasteiger partial charge in [0.25, 0.3) is 0 Å². The van der Waals surface area contributed by atoms with Crippen molar-refractivity contribution in [2.45, 2.75) is 77.5 Å². The number of rotatable bonds is 8. The van der Waals surface area contributed by atoms with Gasteiger partial charge in [-0.15, -0.1) is 0 Å². The van der Waals surface area contributed by atoms with Crippen LogP contribution in [-0.4, -0.2) is 79.7 Å². The second-order valence-electron chi connectivity index (χ2n) is 8.38. The molecule has 0 saturated carbocycles. The first kappa shape index (κ1) is 28.7. The zero-order chi connectivity index (χ0) is 26.2. The minimum Gasteiger partial charge on any atom is -0.477 e. The van der Waals surface area contributed by atoms with Crippen LogP contribution in [0, 0.1) is 0 Å². The number of methoxy groups -OCH3 is 1. The number of nitrogens with one attached hydrogen (secondary N) is 1. The van der Waals surface area contributed by atoms with Crippen molar-refractivity contribution in [3.05, 3.63) is 11.8 Å². The Morgan fingerprint density at radius 2 is 1.65 bits per heavy atom. The third kappa shape index (κ3) is 9.25. The zero-order valence-electron chi connectivity index (χ0n) is 20.2. The first-order valence-electron chi connectivity index (χ1n) is 10.3. The summed E-state index contributed by atoms with van der Waals surface area (Å²) in [6.07, 6.45) is -3.89. The Balaban J connectivity index is 3.47. The van der Waals surface area contributed by atoms with Crippen molar-refractivity contribution in [2.75, 3.05) is 13.7 Å². The summed E-state index contributed by atoms with van der Waals surface area (Å²) < 4.78 is 31.2. The van der Waals surface area contributed by atoms with Crippen molar-refractivity contribution in [1.29, 1.82) is 0 Å². The van der Waals surface area contributed by atoms with E-state index in [9.17, 15) is 24.0 Å². The molecule has 1 aliphatic rings. The van der Waals surface area contributed by atoms with Gasteiger partial charge in [-0.3, -0.25) is 14.4 Å². The Hall–Kier alpha value is -3.35. The summed E-state index contributed by atoms with van der Waals surface area (Å²) in [7, 11) is 1.12. The summed E-state index contributed by atoms with van der Waals surface area (Å²) in [6.45, 7) is 7.73. The quantitative estimate of drug-likeness (QED) is 0.348. The number of hydrogen-bond donors (Lipinski definition) is 2. The summed E-state index contributed by atoms with van der Waals surface area (Å²) >= 11 is 0. The third-order valence-corrected chi connectivity index (χ3v) is 4.21. The van der Waals surface area contributed by atoms with Gasteiger partial charge in [0.15, 0.2) is 18.3 Å². The van der Waals surface area contributed by atoms with Crippen molar-refractivity contribution in [2.24, 2.45) is 5.73 Å². The van der Waals surface area contributed by atoms with Crippen LogP contribution in [-0.2, 0) is 47.6 Å². The van der Waals surface area contributed by atoms with Gasteiger partial charge in [0.2, 0.25) is 5.76 Å². The first-order chi connectivity index (χ1) is 15.6. The normalized spacial score (nSPS) is 21.5. The van der Waals surface area contributed by atoms with Crippen LogP contribution in [0.1, 0.15) is 41.5 Å². The Labute approximate surface area is 197 Å². The fourth-order valence-electron chi connectivity index (χ4n) is 3.02. The highest BCUT2D eigenvalue weighted by Gasteiger charge is 2.47. The van der Waals surface area contributed by atoms with E-state index < -0.39 is 72.6 Å². The average Bonchev–Trinajstić information content (AvgIpc) is 2.68. The molecule has 192 valence electrons. The van der Waals surface area contributed by atoms with Crippen LogP contribution in [0.15, 0.2) is 11.8 Å². The number of carbonyl (C=O) groups is 5. The van der Waals surface area contributed by atoms with Crippen LogP contribution >= 0.6 is 0 Å². The highest BCUT2D eigenvalue weighted by Crippen LogP contribution is 2.26. The molecule has 13 nitrogen and oxygen atoms in total. The molecule has 0 aromatic rings. The van der Waals surface area contributed by atoms with Crippen molar-refractivity contribution in [1.82, 2.24) is 5.32 Å². The number of amides is 1. The SMILES string of the molecule is COC(=O)C1=CC(N)C(NC(=O)OC(C)(C)C)C(C(OC(C)=O)C(COC(C)=O)OC(C)=O)O1. The van der Waals surface area contributed by atoms with E-state index in [1.54, 1.807) is 20.8 Å². The van der Waals surface area contributed by atoms with Crippen molar-refractivity contribution in [3.8, 4) is 0 Å². The minimum atomic E-state index is -1.47. The molecule has 1 amide bonds. The van der Waals surface area contributed by atoms with Crippen LogP contribution < -0.4 is 11.1 Å². The predicted molar refractivity (Wildman–Crippen MR) is 114 cm³/mol. The van der Waals surface area contributed by atoms with E-state index in [-0.39, 0.29) is 5.76 Å². The fraction of sp³-hybridized carbons (Fsp3) is 0.667. The molecule has 1 heterocycles. The van der Waals surface area contributed by atoms with Crippen molar-refractivity contribution in [3.63, 3.8) is 0 Å². The van der Waals surface area contributed by atoms with Crippen LogP contribution in [0.4, 0.5) is 4.79 Å².